The van der Waals surface area contributed by atoms with Gasteiger partial charge in [-0.25, -0.2) is 0 Å². The minimum Gasteiger partial charge on any atom is -1.00 e. The van der Waals surface area contributed by atoms with Crippen molar-refractivity contribution in [1.29, 1.82) is 0 Å². The van der Waals surface area contributed by atoms with Crippen LogP contribution in [0.4, 0.5) is 0 Å². The molecule has 1 unspecified atom stereocenters. The first-order valence-electron chi connectivity index (χ1n) is 10.7. The van der Waals surface area contributed by atoms with Gasteiger partial charge < -0.3 is 22.0 Å². The summed E-state index contributed by atoms with van der Waals surface area (Å²) < 4.78 is 5.37. The van der Waals surface area contributed by atoms with E-state index < -0.39 is 0 Å². The number of halogens is 1. The van der Waals surface area contributed by atoms with E-state index >= 15 is 0 Å². The summed E-state index contributed by atoms with van der Waals surface area (Å²) in [6, 6.07) is 0. The normalized spacial score (nSPS) is 15.9. The number of nitrogens with one attached hydrogen (secondary N) is 1. The number of nitrogens with zero attached hydrogens (tertiary/aromatic N) is 1. The molecule has 1 rings (SSSR count). The van der Waals surface area contributed by atoms with E-state index in [1.807, 2.05) is 6.20 Å². The van der Waals surface area contributed by atoms with Crippen molar-refractivity contribution < 1.29 is 26.8 Å². The van der Waals surface area contributed by atoms with Crippen LogP contribution in [0.1, 0.15) is 90.9 Å². The molecule has 154 valence electrons. The van der Waals surface area contributed by atoms with Gasteiger partial charge in [0.1, 0.15) is 12.7 Å². The van der Waals surface area contributed by atoms with Crippen molar-refractivity contribution in [1.82, 2.24) is 4.90 Å². The van der Waals surface area contributed by atoms with E-state index in [1.165, 1.54) is 75.5 Å². The first-order chi connectivity index (χ1) is 12.3. The van der Waals surface area contributed by atoms with Gasteiger partial charge in [0.05, 0.1) is 19.4 Å². The number of unbranched alkanes of at least 4 members (excludes halogenated alkanes) is 10. The first-order valence-corrected chi connectivity index (χ1v) is 10.7. The Morgan fingerprint density at radius 1 is 0.923 bits per heavy atom. The highest BCUT2D eigenvalue weighted by atomic mass is 35.5. The van der Waals surface area contributed by atoms with E-state index in [1.54, 1.807) is 0 Å². The number of hydrogen-bond acceptors (Lipinski definition) is 3. The molecular weight excluding hydrogens is 348 g/mol. The predicted molar refractivity (Wildman–Crippen MR) is 104 cm³/mol. The van der Waals surface area contributed by atoms with Crippen molar-refractivity contribution in [3.05, 3.63) is 12.4 Å². The van der Waals surface area contributed by atoms with E-state index in [4.69, 9.17) is 4.74 Å². The van der Waals surface area contributed by atoms with Crippen LogP contribution < -0.4 is 17.3 Å². The Morgan fingerprint density at radius 2 is 1.50 bits per heavy atom. The van der Waals surface area contributed by atoms with Gasteiger partial charge in [-0.15, -0.1) is 0 Å². The van der Waals surface area contributed by atoms with Gasteiger partial charge in [0, 0.05) is 0 Å². The summed E-state index contributed by atoms with van der Waals surface area (Å²) in [6.07, 6.45) is 19.7. The molecule has 0 aromatic heterocycles. The lowest BCUT2D eigenvalue weighted by Gasteiger charge is -2.16. The standard InChI is InChI=1S/C21H40N2O2.ClH/c1-3-5-7-8-9-10-11-12-13-14-18-25-21(24)19-23-17-16-22(20-23)15-6-4-2;/h16-17H,3-15,18-20H2,1-2H3;1H. The Kier molecular flexibility index (Phi) is 17.2. The largest absolute Gasteiger partial charge is 1.00 e. The molecule has 0 aliphatic carbocycles. The molecule has 0 saturated heterocycles. The number of ether oxygens (including phenoxy) is 1. The van der Waals surface area contributed by atoms with Gasteiger partial charge in [0.15, 0.2) is 6.67 Å². The van der Waals surface area contributed by atoms with Crippen molar-refractivity contribution >= 4 is 5.97 Å². The number of hydrogen-bond donors (Lipinski definition) is 1. The van der Waals surface area contributed by atoms with Gasteiger partial charge in [-0.3, -0.25) is 9.69 Å². The highest BCUT2D eigenvalue weighted by Crippen LogP contribution is 2.10. The summed E-state index contributed by atoms with van der Waals surface area (Å²) in [4.78, 5) is 15.4. The quantitative estimate of drug-likeness (QED) is 0.315. The maximum absolute atomic E-state index is 11.9. The molecule has 4 nitrogen and oxygen atoms in total. The molecule has 1 aliphatic rings. The fourth-order valence-corrected chi connectivity index (χ4v) is 3.24. The average Bonchev–Trinajstić information content (AvgIpc) is 3.05. The molecule has 0 aromatic rings. The van der Waals surface area contributed by atoms with E-state index in [9.17, 15) is 4.79 Å². The fraction of sp³-hybridized carbons (Fsp3) is 0.857. The van der Waals surface area contributed by atoms with Crippen LogP contribution in [0.3, 0.4) is 0 Å². The molecule has 1 aliphatic heterocycles. The molecule has 0 spiro atoms. The molecule has 26 heavy (non-hydrogen) atoms. The Hall–Kier alpha value is -0.740. The van der Waals surface area contributed by atoms with Gasteiger partial charge in [-0.2, -0.15) is 0 Å². The average molecular weight is 389 g/mol. The van der Waals surface area contributed by atoms with E-state index in [2.05, 4.69) is 24.9 Å². The maximum Gasteiger partial charge on any atom is 0.325 e. The third-order valence-corrected chi connectivity index (χ3v) is 4.87. The van der Waals surface area contributed by atoms with Crippen LogP contribution in [0, 0.1) is 0 Å². The van der Waals surface area contributed by atoms with Crippen LogP contribution in [0.2, 0.25) is 0 Å². The van der Waals surface area contributed by atoms with Crippen LogP contribution >= 0.6 is 0 Å². The molecule has 0 saturated carbocycles. The number of rotatable bonds is 16. The Morgan fingerprint density at radius 3 is 2.12 bits per heavy atom. The molecule has 0 aromatic carbocycles. The third kappa shape index (κ3) is 13.5. The number of quaternary nitrogens is 1. The molecule has 1 atom stereocenters. The topological polar surface area (TPSA) is 34.0 Å². The summed E-state index contributed by atoms with van der Waals surface area (Å²) >= 11 is 0. The second kappa shape index (κ2) is 17.7. The molecule has 0 amide bonds. The predicted octanol–water partition coefficient (Wildman–Crippen LogP) is 0.884. The molecule has 0 radical (unpaired) electrons. The lowest BCUT2D eigenvalue weighted by Crippen LogP contribution is -3.07. The van der Waals surface area contributed by atoms with Crippen LogP contribution in [0.5, 0.6) is 0 Å². The zero-order valence-electron chi connectivity index (χ0n) is 17.1. The van der Waals surface area contributed by atoms with Crippen molar-refractivity contribution in [3.8, 4) is 0 Å². The summed E-state index contributed by atoms with van der Waals surface area (Å²) in [7, 11) is 0. The third-order valence-electron chi connectivity index (χ3n) is 4.87. The summed E-state index contributed by atoms with van der Waals surface area (Å²) in [5, 5.41) is 0. The number of carbonyl (C=O) groups excluding carboxylic acids is 1. The zero-order chi connectivity index (χ0) is 18.2. The highest BCUT2D eigenvalue weighted by Gasteiger charge is 2.19. The molecule has 0 fully saturated rings. The van der Waals surface area contributed by atoms with E-state index in [0.717, 1.165) is 19.6 Å². The first kappa shape index (κ1) is 25.3. The minimum absolute atomic E-state index is 0. The molecule has 1 N–H and O–H groups in total. The Labute approximate surface area is 167 Å². The van der Waals surface area contributed by atoms with Gasteiger partial charge in [0.25, 0.3) is 0 Å². The van der Waals surface area contributed by atoms with Gasteiger partial charge in [-0.1, -0.05) is 78.1 Å². The van der Waals surface area contributed by atoms with E-state index in [0.29, 0.717) is 13.2 Å². The van der Waals surface area contributed by atoms with Crippen molar-refractivity contribution in [2.75, 3.05) is 26.4 Å². The fourth-order valence-electron chi connectivity index (χ4n) is 3.24. The van der Waals surface area contributed by atoms with Crippen molar-refractivity contribution in [2.45, 2.75) is 90.9 Å². The number of esters is 1. The molecule has 5 heteroatoms. The summed E-state index contributed by atoms with van der Waals surface area (Å²) in [6.45, 7) is 7.49. The van der Waals surface area contributed by atoms with Crippen molar-refractivity contribution in [2.24, 2.45) is 0 Å². The Balaban J connectivity index is 0.00000625. The SMILES string of the molecule is CCCCCCCCCCCCOC(=O)CN1C=C[NH+](CCCC)C1.[Cl-]. The summed E-state index contributed by atoms with van der Waals surface area (Å²) in [5.41, 5.74) is 0. The van der Waals surface area contributed by atoms with Crippen LogP contribution in [0.15, 0.2) is 12.4 Å². The highest BCUT2D eigenvalue weighted by molar-refractivity contribution is 5.71. The van der Waals surface area contributed by atoms with Crippen LogP contribution in [-0.4, -0.2) is 37.2 Å². The molecular formula is C21H41ClN2O2. The second-order valence-corrected chi connectivity index (χ2v) is 7.38. The number of carbonyl (C=O) groups is 1. The van der Waals surface area contributed by atoms with Crippen LogP contribution in [0.25, 0.3) is 0 Å². The van der Waals surface area contributed by atoms with Gasteiger partial charge in [-0.05, 0) is 12.8 Å². The maximum atomic E-state index is 11.9. The van der Waals surface area contributed by atoms with E-state index in [-0.39, 0.29) is 18.4 Å². The van der Waals surface area contributed by atoms with Gasteiger partial charge in [0.2, 0.25) is 0 Å². The second-order valence-electron chi connectivity index (χ2n) is 7.38. The monoisotopic (exact) mass is 388 g/mol. The Bertz CT molecular complexity index is 364. The lowest BCUT2D eigenvalue weighted by atomic mass is 10.1. The summed E-state index contributed by atoms with van der Waals surface area (Å²) in [5.74, 6) is -0.0858. The van der Waals surface area contributed by atoms with Crippen LogP contribution in [-0.2, 0) is 9.53 Å². The molecule has 1 heterocycles. The lowest BCUT2D eigenvalue weighted by molar-refractivity contribution is -0.849. The van der Waals surface area contributed by atoms with Crippen molar-refractivity contribution in [3.63, 3.8) is 0 Å². The zero-order valence-corrected chi connectivity index (χ0v) is 17.9. The van der Waals surface area contributed by atoms with Gasteiger partial charge >= 0.3 is 5.97 Å². The molecule has 0 bridgehead atoms. The smallest absolute Gasteiger partial charge is 0.325 e. The minimum atomic E-state index is -0.0858.